The smallest absolute Gasteiger partial charge is 0.408 e. The molecule has 386 valence electrons. The quantitative estimate of drug-likeness (QED) is 0.0803. The molecule has 1 heterocycles. The lowest BCUT2D eigenvalue weighted by molar-refractivity contribution is -0.140. The molecule has 2 N–H and O–H groups in total. The highest BCUT2D eigenvalue weighted by Gasteiger charge is 2.36. The van der Waals surface area contributed by atoms with Crippen LogP contribution in [0.1, 0.15) is 215 Å². The van der Waals surface area contributed by atoms with Crippen molar-refractivity contribution in [1.29, 1.82) is 0 Å². The summed E-state index contributed by atoms with van der Waals surface area (Å²) < 4.78 is 9.43. The van der Waals surface area contributed by atoms with Gasteiger partial charge >= 0.3 is 12.1 Å². The van der Waals surface area contributed by atoms with Crippen LogP contribution in [0.5, 0.6) is 0 Å². The van der Waals surface area contributed by atoms with Crippen molar-refractivity contribution in [2.75, 3.05) is 20.2 Å². The third-order valence-electron chi connectivity index (χ3n) is 9.15. The number of alkyl carbamates (subject to hydrolysis) is 1. The summed E-state index contributed by atoms with van der Waals surface area (Å²) in [5.74, 6) is -0.734. The molecular formula is C55H103N3O8. The minimum Gasteiger partial charge on any atom is -0.469 e. The zero-order valence-corrected chi connectivity index (χ0v) is 46.0. The number of hydrogen-bond acceptors (Lipinski definition) is 8. The minimum absolute atomic E-state index is 0.116. The van der Waals surface area contributed by atoms with Crippen molar-refractivity contribution in [2.24, 2.45) is 11.8 Å². The number of likely N-dealkylation sites (tertiary alicyclic amines) is 1. The number of methoxy groups -OCH3 is 1. The second-order valence-electron chi connectivity index (χ2n) is 16.2. The van der Waals surface area contributed by atoms with Gasteiger partial charge in [0.2, 0.25) is 17.6 Å². The van der Waals surface area contributed by atoms with Gasteiger partial charge in [-0.25, -0.2) is 4.79 Å². The number of carbonyl (C=O) groups excluding carboxylic acids is 6. The predicted octanol–water partition coefficient (Wildman–Crippen LogP) is 13.8. The number of nitrogens with zero attached hydrogens (tertiary/aromatic N) is 1. The maximum Gasteiger partial charge on any atom is 0.408 e. The lowest BCUT2D eigenvalue weighted by atomic mass is 9.91. The van der Waals surface area contributed by atoms with Crippen molar-refractivity contribution in [2.45, 2.75) is 232 Å². The normalized spacial score (nSPS) is 14.9. The molecule has 2 aliphatic carbocycles. The van der Waals surface area contributed by atoms with E-state index in [1.54, 1.807) is 20.8 Å². The first-order valence-electron chi connectivity index (χ1n) is 25.4. The van der Waals surface area contributed by atoms with Crippen LogP contribution in [0.15, 0.2) is 54.3 Å². The average Bonchev–Trinajstić information content (AvgIpc) is 3.65. The highest BCUT2D eigenvalue weighted by atomic mass is 16.6. The Bertz CT molecular complexity index is 1360. The summed E-state index contributed by atoms with van der Waals surface area (Å²) in [5.41, 5.74) is 3.75. The monoisotopic (exact) mass is 934 g/mol. The van der Waals surface area contributed by atoms with E-state index in [-0.39, 0.29) is 18.9 Å². The van der Waals surface area contributed by atoms with Crippen molar-refractivity contribution >= 4 is 35.4 Å². The van der Waals surface area contributed by atoms with Crippen molar-refractivity contribution in [3.05, 3.63) is 54.3 Å². The molecule has 1 saturated heterocycles. The number of esters is 1. The van der Waals surface area contributed by atoms with Crippen LogP contribution < -0.4 is 10.6 Å². The Morgan fingerprint density at radius 2 is 1.41 bits per heavy atom. The number of rotatable bonds is 13. The van der Waals surface area contributed by atoms with Gasteiger partial charge in [-0.15, -0.1) is 12.3 Å². The first-order valence-corrected chi connectivity index (χ1v) is 25.4. The summed E-state index contributed by atoms with van der Waals surface area (Å²) in [5, 5.41) is 4.91. The molecule has 11 heteroatoms. The van der Waals surface area contributed by atoms with Crippen molar-refractivity contribution in [3.63, 3.8) is 0 Å². The van der Waals surface area contributed by atoms with Gasteiger partial charge in [0.05, 0.1) is 13.2 Å². The molecule has 2 fully saturated rings. The number of amides is 3. The highest BCUT2D eigenvalue weighted by molar-refractivity contribution is 6.38. The molecule has 1 saturated carbocycles. The molecule has 66 heavy (non-hydrogen) atoms. The van der Waals surface area contributed by atoms with Crippen molar-refractivity contribution < 1.29 is 38.2 Å². The predicted molar refractivity (Wildman–Crippen MR) is 280 cm³/mol. The second-order valence-corrected chi connectivity index (χ2v) is 16.2. The zero-order valence-electron chi connectivity index (χ0n) is 46.0. The molecule has 0 aromatic heterocycles. The molecule has 3 amide bonds. The van der Waals surface area contributed by atoms with E-state index < -0.39 is 47.2 Å². The molecule has 3 unspecified atom stereocenters. The van der Waals surface area contributed by atoms with Crippen LogP contribution in [0, 0.1) is 11.8 Å². The Hall–Kier alpha value is -4.24. The van der Waals surface area contributed by atoms with E-state index in [2.05, 4.69) is 88.3 Å². The van der Waals surface area contributed by atoms with Gasteiger partial charge in [0.15, 0.2) is 5.78 Å². The van der Waals surface area contributed by atoms with Crippen molar-refractivity contribution in [1.82, 2.24) is 15.5 Å². The number of unbranched alkanes of at least 4 members (excludes halogenated alkanes) is 1. The van der Waals surface area contributed by atoms with Gasteiger partial charge in [0.25, 0.3) is 0 Å². The first kappa shape index (κ1) is 73.3. The molecule has 0 radical (unpaired) electrons. The summed E-state index contributed by atoms with van der Waals surface area (Å²) in [4.78, 5) is 71.5. The molecular weight excluding hydrogens is 831 g/mol. The summed E-state index contributed by atoms with van der Waals surface area (Å²) >= 11 is 0. The Labute approximate surface area is 406 Å². The summed E-state index contributed by atoms with van der Waals surface area (Å²) in [6.45, 7) is 39.2. The Balaban J connectivity index is -0.000000193. The van der Waals surface area contributed by atoms with Gasteiger partial charge in [-0.1, -0.05) is 173 Å². The fourth-order valence-corrected chi connectivity index (χ4v) is 5.46. The van der Waals surface area contributed by atoms with Crippen LogP contribution in [-0.2, 0) is 33.4 Å². The van der Waals surface area contributed by atoms with Crippen LogP contribution in [0.2, 0.25) is 0 Å². The van der Waals surface area contributed by atoms with Gasteiger partial charge in [-0.2, -0.15) is 0 Å². The number of Topliss-reactive ketones (excluding diaryl/α,β-unsaturated/α-hetero) is 2. The molecule has 11 nitrogen and oxygen atoms in total. The molecule has 0 aromatic rings. The molecule has 0 aromatic carbocycles. The summed E-state index contributed by atoms with van der Waals surface area (Å²) in [6.07, 6.45) is 26.0. The Kier molecular flexibility index (Phi) is 57.5. The van der Waals surface area contributed by atoms with E-state index in [0.29, 0.717) is 31.7 Å². The minimum atomic E-state index is -1.00. The van der Waals surface area contributed by atoms with E-state index in [0.717, 1.165) is 19.3 Å². The van der Waals surface area contributed by atoms with Gasteiger partial charge < -0.3 is 25.0 Å². The van der Waals surface area contributed by atoms with Gasteiger partial charge in [-0.05, 0) is 82.4 Å². The van der Waals surface area contributed by atoms with Crippen LogP contribution in [0.4, 0.5) is 4.79 Å². The SMILES string of the molecule is C=CCC(NC(=O)C1CCCN1C(=O)CNC(=O)OC(C)(C)C)C(=O)C(C)=O.CC.CC.CC.CC1CCCCC1.CCC.CCC(C)C1=CC=C=CC=C1.CCCC.CCCC(=O)OC. The topological polar surface area (TPSA) is 148 Å². The Morgan fingerprint density at radius 1 is 0.864 bits per heavy atom. The average molecular weight is 934 g/mol. The van der Waals surface area contributed by atoms with Crippen LogP contribution >= 0.6 is 0 Å². The standard InChI is InChI=1S/C19H29N3O6.C11H14.C7H14.C5H10O2.C4H10.C3H8.3C2H6/c1-6-8-13(16(25)12(2)23)21-17(26)14-9-7-10-22(14)15(24)11-20-18(27)28-19(3,4)5;1-3-10(2)11-8-6-4-5-7-9-11;1-7-5-3-2-4-6-7;1-3-4-5(6)7-2;1-3-4-2;1-3-2;3*1-2/h6,13-14H,1,7-11H2,2-5H3,(H,20,27)(H,21,26);4,6-10H,3H2,1-2H3;7H,2-6H2,1H3;3-4H2,1-2H3;3-4H2,1-2H3;3H2,1-2H3;3*1-2H3. The maximum atomic E-state index is 12.6. The van der Waals surface area contributed by atoms with E-state index >= 15 is 0 Å². The molecule has 0 bridgehead atoms. The van der Waals surface area contributed by atoms with E-state index in [1.807, 2.05) is 66.7 Å². The summed E-state index contributed by atoms with van der Waals surface area (Å²) in [7, 11) is 1.40. The molecule has 3 aliphatic rings. The van der Waals surface area contributed by atoms with Gasteiger partial charge in [0.1, 0.15) is 18.2 Å². The fraction of sp³-hybridized carbons (Fsp3) is 0.727. The maximum absolute atomic E-state index is 12.6. The fourth-order valence-electron chi connectivity index (χ4n) is 5.46. The first-order chi connectivity index (χ1) is 31.3. The number of allylic oxidation sites excluding steroid dienone is 5. The highest BCUT2D eigenvalue weighted by Crippen LogP contribution is 2.22. The number of nitrogens with one attached hydrogen (secondary N) is 2. The van der Waals surface area contributed by atoms with Crippen LogP contribution in [0.25, 0.3) is 0 Å². The van der Waals surface area contributed by atoms with E-state index in [4.69, 9.17) is 4.74 Å². The molecule has 1 aliphatic heterocycles. The summed E-state index contributed by atoms with van der Waals surface area (Å²) in [6, 6.07) is -1.76. The van der Waals surface area contributed by atoms with E-state index in [9.17, 15) is 28.8 Å². The lowest BCUT2D eigenvalue weighted by Gasteiger charge is -2.26. The lowest BCUT2D eigenvalue weighted by Crippen LogP contribution is -2.53. The van der Waals surface area contributed by atoms with Gasteiger partial charge in [-0.3, -0.25) is 24.0 Å². The third kappa shape index (κ3) is 44.9. The van der Waals surface area contributed by atoms with Crippen LogP contribution in [-0.4, -0.2) is 78.2 Å². The number of carbonyl (C=O) groups is 6. The number of ether oxygens (including phenoxy) is 2. The third-order valence-corrected chi connectivity index (χ3v) is 9.15. The molecule has 3 rings (SSSR count). The molecule has 3 atom stereocenters. The Morgan fingerprint density at radius 3 is 1.80 bits per heavy atom. The number of ketones is 2. The largest absolute Gasteiger partial charge is 0.469 e. The van der Waals surface area contributed by atoms with Gasteiger partial charge in [0, 0.05) is 19.9 Å². The van der Waals surface area contributed by atoms with Crippen molar-refractivity contribution in [3.8, 4) is 0 Å². The van der Waals surface area contributed by atoms with Crippen LogP contribution in [0.3, 0.4) is 0 Å². The molecule has 0 spiro atoms. The zero-order chi connectivity index (χ0) is 52.5. The number of hydrogen-bond donors (Lipinski definition) is 2. The van der Waals surface area contributed by atoms with E-state index in [1.165, 1.54) is 81.4 Å². The second kappa shape index (κ2) is 51.7.